The summed E-state index contributed by atoms with van der Waals surface area (Å²) < 4.78 is 5.35. The molecule has 8 heteroatoms. The minimum atomic E-state index is -0.631. The number of nitrogens with zero attached hydrogens (tertiary/aromatic N) is 2. The Balaban J connectivity index is 2.32. The fourth-order valence-electron chi connectivity index (χ4n) is 2.20. The second-order valence-corrected chi connectivity index (χ2v) is 5.30. The fourth-order valence-corrected chi connectivity index (χ4v) is 2.37. The van der Waals surface area contributed by atoms with E-state index >= 15 is 0 Å². The quantitative estimate of drug-likeness (QED) is 0.673. The molecule has 0 aliphatic carbocycles. The summed E-state index contributed by atoms with van der Waals surface area (Å²) in [7, 11) is 0. The number of ether oxygens (including phenoxy) is 1. The van der Waals surface area contributed by atoms with E-state index in [0.29, 0.717) is 0 Å². The summed E-state index contributed by atoms with van der Waals surface area (Å²) in [5.41, 5.74) is -0.346. The predicted molar refractivity (Wildman–Crippen MR) is 75.4 cm³/mol. The number of nitro groups is 1. The molecule has 0 bridgehead atoms. The van der Waals surface area contributed by atoms with Gasteiger partial charge in [0.25, 0.3) is 11.6 Å². The number of benzene rings is 1. The van der Waals surface area contributed by atoms with Crippen LogP contribution in [-0.4, -0.2) is 52.7 Å². The zero-order valence-corrected chi connectivity index (χ0v) is 12.1. The molecule has 1 aromatic rings. The number of hydrogen-bond donors (Lipinski definition) is 1. The number of amides is 1. The van der Waals surface area contributed by atoms with Gasteiger partial charge in [-0.15, -0.1) is 0 Å². The van der Waals surface area contributed by atoms with E-state index in [1.807, 2.05) is 0 Å². The van der Waals surface area contributed by atoms with Crippen LogP contribution in [0.15, 0.2) is 18.2 Å². The lowest BCUT2D eigenvalue weighted by Crippen LogP contribution is -2.52. The molecule has 0 saturated carbocycles. The van der Waals surface area contributed by atoms with Crippen LogP contribution in [0.5, 0.6) is 0 Å². The van der Waals surface area contributed by atoms with Crippen LogP contribution in [0, 0.1) is 10.1 Å². The number of morpholine rings is 1. The molecule has 2 rings (SSSR count). The van der Waals surface area contributed by atoms with Gasteiger partial charge < -0.3 is 14.7 Å². The van der Waals surface area contributed by atoms with Crippen LogP contribution in [-0.2, 0) is 4.74 Å². The number of aliphatic hydroxyl groups is 1. The Morgan fingerprint density at radius 3 is 2.95 bits per heavy atom. The van der Waals surface area contributed by atoms with E-state index in [1.165, 1.54) is 17.0 Å². The number of carbonyl (C=O) groups excluding carboxylic acids is 1. The summed E-state index contributed by atoms with van der Waals surface area (Å²) in [6, 6.07) is 3.72. The fraction of sp³-hybridized carbons (Fsp3) is 0.462. The van der Waals surface area contributed by atoms with E-state index < -0.39 is 16.9 Å². The first-order chi connectivity index (χ1) is 9.93. The Morgan fingerprint density at radius 2 is 2.33 bits per heavy atom. The first kappa shape index (κ1) is 15.7. The van der Waals surface area contributed by atoms with E-state index in [-0.39, 0.29) is 42.1 Å². The van der Waals surface area contributed by atoms with Gasteiger partial charge in [0.15, 0.2) is 0 Å². The highest BCUT2D eigenvalue weighted by atomic mass is 35.5. The van der Waals surface area contributed by atoms with E-state index in [1.54, 1.807) is 6.92 Å². The van der Waals surface area contributed by atoms with Gasteiger partial charge in [-0.25, -0.2) is 0 Å². The number of carbonyl (C=O) groups is 1. The largest absolute Gasteiger partial charge is 0.394 e. The molecule has 1 heterocycles. The standard InChI is InChI=1S/C13H15ClN2O5/c1-8-7-21-10(6-17)5-15(8)13(18)11-3-2-9(14)4-12(11)16(19)20/h2-4,8,10,17H,5-7H2,1H3. The second-order valence-electron chi connectivity index (χ2n) is 4.86. The SMILES string of the molecule is CC1COC(CO)CN1C(=O)c1ccc(Cl)cc1[N+](=O)[O-]. The van der Waals surface area contributed by atoms with Crippen molar-refractivity contribution < 1.29 is 19.6 Å². The summed E-state index contributed by atoms with van der Waals surface area (Å²) in [6.07, 6.45) is -0.475. The van der Waals surface area contributed by atoms with E-state index in [0.717, 1.165) is 6.07 Å². The lowest BCUT2D eigenvalue weighted by Gasteiger charge is -2.37. The van der Waals surface area contributed by atoms with Gasteiger partial charge >= 0.3 is 0 Å². The maximum Gasteiger partial charge on any atom is 0.283 e. The molecule has 114 valence electrons. The minimum absolute atomic E-state index is 0.0187. The first-order valence-corrected chi connectivity index (χ1v) is 6.79. The first-order valence-electron chi connectivity index (χ1n) is 6.41. The lowest BCUT2D eigenvalue weighted by atomic mass is 10.1. The Hall–Kier alpha value is -1.70. The third-order valence-electron chi connectivity index (χ3n) is 3.36. The monoisotopic (exact) mass is 314 g/mol. The van der Waals surface area contributed by atoms with Crippen molar-refractivity contribution in [2.24, 2.45) is 0 Å². The topological polar surface area (TPSA) is 92.9 Å². The molecule has 2 unspecified atom stereocenters. The molecule has 0 spiro atoms. The van der Waals surface area contributed by atoms with Gasteiger partial charge in [-0.1, -0.05) is 11.6 Å². The van der Waals surface area contributed by atoms with Gasteiger partial charge in [0.1, 0.15) is 5.56 Å². The van der Waals surface area contributed by atoms with E-state index in [9.17, 15) is 14.9 Å². The summed E-state index contributed by atoms with van der Waals surface area (Å²) >= 11 is 5.74. The van der Waals surface area contributed by atoms with Crippen molar-refractivity contribution in [3.05, 3.63) is 38.9 Å². The molecule has 7 nitrogen and oxygen atoms in total. The highest BCUT2D eigenvalue weighted by Crippen LogP contribution is 2.26. The number of halogens is 1. The Bertz CT molecular complexity index is 565. The molecule has 2 atom stereocenters. The molecular weight excluding hydrogens is 300 g/mol. The van der Waals surface area contributed by atoms with Crippen molar-refractivity contribution in [2.75, 3.05) is 19.8 Å². The molecule has 1 N–H and O–H groups in total. The van der Waals surface area contributed by atoms with Crippen molar-refractivity contribution in [2.45, 2.75) is 19.1 Å². The van der Waals surface area contributed by atoms with Gasteiger partial charge in [0, 0.05) is 17.6 Å². The van der Waals surface area contributed by atoms with Crippen molar-refractivity contribution in [1.29, 1.82) is 0 Å². The summed E-state index contributed by atoms with van der Waals surface area (Å²) in [6.45, 7) is 2.04. The normalized spacial score (nSPS) is 22.1. The van der Waals surface area contributed by atoms with Crippen molar-refractivity contribution in [3.8, 4) is 0 Å². The van der Waals surface area contributed by atoms with Gasteiger partial charge in [-0.2, -0.15) is 0 Å². The molecule has 21 heavy (non-hydrogen) atoms. The second kappa shape index (κ2) is 6.38. The number of nitro benzene ring substituents is 1. The summed E-state index contributed by atoms with van der Waals surface area (Å²) in [5.74, 6) is -0.465. The van der Waals surface area contributed by atoms with Gasteiger partial charge in [0.2, 0.25) is 0 Å². The Kier molecular flexibility index (Phi) is 4.76. The third kappa shape index (κ3) is 3.31. The highest BCUT2D eigenvalue weighted by molar-refractivity contribution is 6.31. The van der Waals surface area contributed by atoms with Crippen molar-refractivity contribution in [3.63, 3.8) is 0 Å². The summed E-state index contributed by atoms with van der Waals surface area (Å²) in [5, 5.41) is 20.4. The molecule has 1 aliphatic heterocycles. The number of hydrogen-bond acceptors (Lipinski definition) is 5. The maximum absolute atomic E-state index is 12.5. The molecular formula is C13H15ClN2O5. The average Bonchev–Trinajstić information content (AvgIpc) is 2.47. The molecule has 0 aromatic heterocycles. The smallest absolute Gasteiger partial charge is 0.283 e. The van der Waals surface area contributed by atoms with Gasteiger partial charge in [-0.3, -0.25) is 14.9 Å². The van der Waals surface area contributed by atoms with Crippen LogP contribution >= 0.6 is 11.6 Å². The third-order valence-corrected chi connectivity index (χ3v) is 3.59. The zero-order chi connectivity index (χ0) is 15.6. The highest BCUT2D eigenvalue weighted by Gasteiger charge is 2.33. The maximum atomic E-state index is 12.5. The summed E-state index contributed by atoms with van der Waals surface area (Å²) in [4.78, 5) is 24.5. The molecule has 1 amide bonds. The van der Waals surface area contributed by atoms with E-state index in [2.05, 4.69) is 0 Å². The predicted octanol–water partition coefficient (Wildman–Crippen LogP) is 1.47. The van der Waals surface area contributed by atoms with Crippen LogP contribution < -0.4 is 0 Å². The molecule has 1 saturated heterocycles. The lowest BCUT2D eigenvalue weighted by molar-refractivity contribution is -0.385. The van der Waals surface area contributed by atoms with Crippen LogP contribution in [0.2, 0.25) is 5.02 Å². The van der Waals surface area contributed by atoms with Crippen molar-refractivity contribution in [1.82, 2.24) is 4.90 Å². The molecule has 1 aromatic carbocycles. The van der Waals surface area contributed by atoms with Crippen LogP contribution in [0.1, 0.15) is 17.3 Å². The van der Waals surface area contributed by atoms with Crippen LogP contribution in [0.3, 0.4) is 0 Å². The Morgan fingerprint density at radius 1 is 1.62 bits per heavy atom. The van der Waals surface area contributed by atoms with Gasteiger partial charge in [0.05, 0.1) is 30.3 Å². The van der Waals surface area contributed by atoms with Crippen LogP contribution in [0.25, 0.3) is 0 Å². The van der Waals surface area contributed by atoms with E-state index in [4.69, 9.17) is 21.4 Å². The zero-order valence-electron chi connectivity index (χ0n) is 11.4. The number of aliphatic hydroxyl groups excluding tert-OH is 1. The van der Waals surface area contributed by atoms with Crippen molar-refractivity contribution >= 4 is 23.2 Å². The Labute approximate surface area is 126 Å². The molecule has 1 fully saturated rings. The number of rotatable bonds is 3. The average molecular weight is 315 g/mol. The minimum Gasteiger partial charge on any atom is -0.394 e. The van der Waals surface area contributed by atoms with Gasteiger partial charge in [-0.05, 0) is 19.1 Å². The van der Waals surface area contributed by atoms with Crippen LogP contribution in [0.4, 0.5) is 5.69 Å². The molecule has 0 radical (unpaired) electrons. The molecule has 1 aliphatic rings.